The molecule has 0 bridgehead atoms. The Hall–Kier alpha value is -3.67. The van der Waals surface area contributed by atoms with Crippen LogP contribution in [0.1, 0.15) is 44.6 Å². The van der Waals surface area contributed by atoms with Gasteiger partial charge in [0.15, 0.2) is 0 Å². The standard InChI is InChI=1S/C23H23N3O3/c1-4-29-23(28)19-10-12-21(13-11-19)26-16(2)14-20(17(26)3)15-24-25-22(27)18-8-6-5-7-9-18/h5-15H,4H2,1-3H3,(H,25,27)/b24-15-. The summed E-state index contributed by atoms with van der Waals surface area (Å²) in [7, 11) is 0. The second-order valence-electron chi connectivity index (χ2n) is 6.49. The number of carbonyl (C=O) groups excluding carboxylic acids is 2. The molecule has 1 heterocycles. The lowest BCUT2D eigenvalue weighted by Gasteiger charge is -2.10. The fourth-order valence-electron chi connectivity index (χ4n) is 3.09. The molecule has 0 aliphatic carbocycles. The second-order valence-corrected chi connectivity index (χ2v) is 6.49. The monoisotopic (exact) mass is 389 g/mol. The number of aryl methyl sites for hydroxylation is 1. The van der Waals surface area contributed by atoms with Crippen molar-refractivity contribution < 1.29 is 14.3 Å². The van der Waals surface area contributed by atoms with Crippen LogP contribution in [0.2, 0.25) is 0 Å². The Morgan fingerprint density at radius 2 is 1.72 bits per heavy atom. The van der Waals surface area contributed by atoms with Gasteiger partial charge in [-0.1, -0.05) is 18.2 Å². The van der Waals surface area contributed by atoms with Crippen LogP contribution in [0.4, 0.5) is 0 Å². The number of hydrazone groups is 1. The molecule has 1 N–H and O–H groups in total. The quantitative estimate of drug-likeness (QED) is 0.393. The van der Waals surface area contributed by atoms with Gasteiger partial charge in [-0.3, -0.25) is 4.79 Å². The van der Waals surface area contributed by atoms with Crippen molar-refractivity contribution in [3.8, 4) is 5.69 Å². The number of rotatable bonds is 6. The molecule has 3 aromatic rings. The van der Waals surface area contributed by atoms with E-state index in [-0.39, 0.29) is 11.9 Å². The Morgan fingerprint density at radius 3 is 2.38 bits per heavy atom. The highest BCUT2D eigenvalue weighted by Gasteiger charge is 2.11. The Bertz CT molecular complexity index is 1040. The average molecular weight is 389 g/mol. The van der Waals surface area contributed by atoms with Gasteiger partial charge in [0, 0.05) is 28.2 Å². The number of carbonyl (C=O) groups is 2. The summed E-state index contributed by atoms with van der Waals surface area (Å²) in [5, 5.41) is 4.09. The summed E-state index contributed by atoms with van der Waals surface area (Å²) >= 11 is 0. The van der Waals surface area contributed by atoms with Crippen molar-refractivity contribution in [2.24, 2.45) is 5.10 Å². The molecule has 0 atom stereocenters. The van der Waals surface area contributed by atoms with E-state index < -0.39 is 0 Å². The van der Waals surface area contributed by atoms with E-state index in [2.05, 4.69) is 15.1 Å². The molecular formula is C23H23N3O3. The van der Waals surface area contributed by atoms with Crippen LogP contribution in [0.25, 0.3) is 5.69 Å². The van der Waals surface area contributed by atoms with Crippen LogP contribution >= 0.6 is 0 Å². The average Bonchev–Trinajstić information content (AvgIpc) is 3.02. The number of ether oxygens (including phenoxy) is 1. The van der Waals surface area contributed by atoms with Crippen molar-refractivity contribution in [2.45, 2.75) is 20.8 Å². The van der Waals surface area contributed by atoms with E-state index in [1.807, 2.05) is 38.1 Å². The number of hydrogen-bond acceptors (Lipinski definition) is 4. The fraction of sp³-hybridized carbons (Fsp3) is 0.174. The van der Waals surface area contributed by atoms with Crippen LogP contribution < -0.4 is 5.43 Å². The predicted molar refractivity (Wildman–Crippen MR) is 113 cm³/mol. The third-order valence-electron chi connectivity index (χ3n) is 4.51. The molecule has 0 aliphatic rings. The molecule has 0 radical (unpaired) electrons. The fourth-order valence-corrected chi connectivity index (χ4v) is 3.09. The normalized spacial score (nSPS) is 10.9. The summed E-state index contributed by atoms with van der Waals surface area (Å²) in [5.41, 5.74) is 7.43. The van der Waals surface area contributed by atoms with Crippen LogP contribution in [0.5, 0.6) is 0 Å². The summed E-state index contributed by atoms with van der Waals surface area (Å²) in [4.78, 5) is 23.9. The molecule has 148 valence electrons. The predicted octanol–water partition coefficient (Wildman–Crippen LogP) is 4.03. The van der Waals surface area contributed by atoms with E-state index in [9.17, 15) is 9.59 Å². The maximum atomic E-state index is 12.1. The highest BCUT2D eigenvalue weighted by molar-refractivity contribution is 5.95. The molecule has 0 saturated heterocycles. The third-order valence-corrected chi connectivity index (χ3v) is 4.51. The largest absolute Gasteiger partial charge is 0.462 e. The van der Waals surface area contributed by atoms with Crippen LogP contribution in [-0.2, 0) is 4.74 Å². The van der Waals surface area contributed by atoms with Gasteiger partial charge in [0.25, 0.3) is 5.91 Å². The first kappa shape index (κ1) is 20.1. The van der Waals surface area contributed by atoms with Gasteiger partial charge in [0.1, 0.15) is 0 Å². The van der Waals surface area contributed by atoms with Crippen LogP contribution in [0.3, 0.4) is 0 Å². The van der Waals surface area contributed by atoms with Crippen molar-refractivity contribution in [1.82, 2.24) is 9.99 Å². The topological polar surface area (TPSA) is 72.7 Å². The first-order valence-electron chi connectivity index (χ1n) is 9.36. The molecule has 0 saturated carbocycles. The molecule has 0 aliphatic heterocycles. The van der Waals surface area contributed by atoms with Gasteiger partial charge in [-0.15, -0.1) is 0 Å². The van der Waals surface area contributed by atoms with Crippen LogP contribution in [-0.4, -0.2) is 29.3 Å². The molecule has 0 spiro atoms. The van der Waals surface area contributed by atoms with Crippen LogP contribution in [0.15, 0.2) is 65.8 Å². The third kappa shape index (κ3) is 4.60. The van der Waals surface area contributed by atoms with Crippen molar-refractivity contribution in [3.05, 3.63) is 88.7 Å². The van der Waals surface area contributed by atoms with Crippen molar-refractivity contribution >= 4 is 18.1 Å². The van der Waals surface area contributed by atoms with Gasteiger partial charge in [0.2, 0.25) is 0 Å². The molecule has 1 amide bonds. The summed E-state index contributed by atoms with van der Waals surface area (Å²) in [6.07, 6.45) is 1.63. The summed E-state index contributed by atoms with van der Waals surface area (Å²) in [6.45, 7) is 6.10. The first-order chi connectivity index (χ1) is 14.0. The number of aromatic nitrogens is 1. The van der Waals surface area contributed by atoms with Gasteiger partial charge in [0.05, 0.1) is 18.4 Å². The van der Waals surface area contributed by atoms with Gasteiger partial charge < -0.3 is 9.30 Å². The van der Waals surface area contributed by atoms with E-state index >= 15 is 0 Å². The van der Waals surface area contributed by atoms with Gasteiger partial charge in [-0.05, 0) is 63.2 Å². The second kappa shape index (κ2) is 9.01. The number of hydrogen-bond donors (Lipinski definition) is 1. The van der Waals surface area contributed by atoms with E-state index in [1.165, 1.54) is 0 Å². The zero-order valence-corrected chi connectivity index (χ0v) is 16.7. The molecule has 2 aromatic carbocycles. The van der Waals surface area contributed by atoms with E-state index in [0.717, 1.165) is 22.6 Å². The number of nitrogens with one attached hydrogen (secondary N) is 1. The molecule has 0 fully saturated rings. The van der Waals surface area contributed by atoms with Crippen molar-refractivity contribution in [2.75, 3.05) is 6.61 Å². The lowest BCUT2D eigenvalue weighted by atomic mass is 10.2. The highest BCUT2D eigenvalue weighted by Crippen LogP contribution is 2.20. The number of nitrogens with zero attached hydrogens (tertiary/aromatic N) is 2. The minimum Gasteiger partial charge on any atom is -0.462 e. The molecule has 0 unspecified atom stereocenters. The summed E-state index contributed by atoms with van der Waals surface area (Å²) in [6, 6.07) is 18.2. The Balaban J connectivity index is 1.76. The molecular weight excluding hydrogens is 366 g/mol. The van der Waals surface area contributed by atoms with E-state index in [1.54, 1.807) is 49.5 Å². The van der Waals surface area contributed by atoms with Crippen LogP contribution in [0, 0.1) is 13.8 Å². The highest BCUT2D eigenvalue weighted by atomic mass is 16.5. The summed E-state index contributed by atoms with van der Waals surface area (Å²) in [5.74, 6) is -0.591. The Kier molecular flexibility index (Phi) is 6.24. The SMILES string of the molecule is CCOC(=O)c1ccc(-n2c(C)cc(/C=N\NC(=O)c3ccccc3)c2C)cc1. The first-order valence-corrected chi connectivity index (χ1v) is 9.36. The lowest BCUT2D eigenvalue weighted by molar-refractivity contribution is 0.0526. The zero-order valence-electron chi connectivity index (χ0n) is 16.7. The summed E-state index contributed by atoms with van der Waals surface area (Å²) < 4.78 is 7.09. The van der Waals surface area contributed by atoms with E-state index in [4.69, 9.17) is 4.74 Å². The zero-order chi connectivity index (χ0) is 20.8. The molecule has 6 nitrogen and oxygen atoms in total. The molecule has 29 heavy (non-hydrogen) atoms. The smallest absolute Gasteiger partial charge is 0.338 e. The van der Waals surface area contributed by atoms with Gasteiger partial charge in [-0.25, -0.2) is 10.2 Å². The molecule has 3 rings (SSSR count). The molecule has 1 aromatic heterocycles. The Morgan fingerprint density at radius 1 is 1.03 bits per heavy atom. The maximum Gasteiger partial charge on any atom is 0.338 e. The van der Waals surface area contributed by atoms with Gasteiger partial charge >= 0.3 is 5.97 Å². The minimum atomic E-state index is -0.332. The van der Waals surface area contributed by atoms with Crippen molar-refractivity contribution in [1.29, 1.82) is 0 Å². The van der Waals surface area contributed by atoms with E-state index in [0.29, 0.717) is 17.7 Å². The number of benzene rings is 2. The maximum absolute atomic E-state index is 12.1. The molecule has 6 heteroatoms. The van der Waals surface area contributed by atoms with Crippen molar-refractivity contribution in [3.63, 3.8) is 0 Å². The van der Waals surface area contributed by atoms with Gasteiger partial charge in [-0.2, -0.15) is 5.10 Å². The lowest BCUT2D eigenvalue weighted by Crippen LogP contribution is -2.17. The minimum absolute atomic E-state index is 0.259. The Labute approximate surface area is 169 Å². The number of esters is 1. The number of amides is 1.